The number of carbonyl (C=O) groups is 2. The summed E-state index contributed by atoms with van der Waals surface area (Å²) in [5, 5.41) is 14.1. The number of ether oxygens (including phenoxy) is 1. The molecule has 1 N–H and O–H groups in total. The predicted molar refractivity (Wildman–Crippen MR) is 102 cm³/mol. The Morgan fingerprint density at radius 1 is 1.41 bits per heavy atom. The Kier molecular flexibility index (Phi) is 7.15. The lowest BCUT2D eigenvalue weighted by Crippen LogP contribution is -2.34. The molecule has 148 valence electrons. The van der Waals surface area contributed by atoms with Gasteiger partial charge in [-0.3, -0.25) is 19.7 Å². The minimum atomic E-state index is -0.453. The summed E-state index contributed by atoms with van der Waals surface area (Å²) in [7, 11) is 0. The third kappa shape index (κ3) is 5.94. The number of piperidine rings is 1. The number of anilines is 1. The average Bonchev–Trinajstić information content (AvgIpc) is 2.60. The van der Waals surface area contributed by atoms with Gasteiger partial charge in [0.25, 0.3) is 11.6 Å². The van der Waals surface area contributed by atoms with E-state index in [1.165, 1.54) is 6.07 Å². The molecular formula is C19H27N3O5. The van der Waals surface area contributed by atoms with E-state index in [4.69, 9.17) is 4.74 Å². The lowest BCUT2D eigenvalue weighted by molar-refractivity contribution is -0.384. The van der Waals surface area contributed by atoms with E-state index in [-0.39, 0.29) is 30.3 Å². The number of rotatable bonds is 7. The summed E-state index contributed by atoms with van der Waals surface area (Å²) in [6, 6.07) is 4.53. The largest absolute Gasteiger partial charge is 0.463 e. The average molecular weight is 377 g/mol. The normalized spacial score (nSPS) is 16.9. The number of carbonyl (C=O) groups excluding carboxylic acids is 2. The Morgan fingerprint density at radius 2 is 2.15 bits per heavy atom. The van der Waals surface area contributed by atoms with Crippen molar-refractivity contribution in [3.05, 3.63) is 33.9 Å². The molecule has 1 aromatic carbocycles. The molecule has 1 fully saturated rings. The lowest BCUT2D eigenvalue weighted by atomic mass is 9.99. The summed E-state index contributed by atoms with van der Waals surface area (Å²) in [6.45, 7) is 7.28. The number of hydrogen-bond donors (Lipinski definition) is 1. The molecule has 1 aromatic rings. The third-order valence-corrected chi connectivity index (χ3v) is 4.41. The molecule has 1 aliphatic rings. The first-order valence-corrected chi connectivity index (χ1v) is 9.29. The zero-order valence-electron chi connectivity index (χ0n) is 16.1. The second-order valence-corrected chi connectivity index (χ2v) is 7.20. The molecule has 27 heavy (non-hydrogen) atoms. The fraction of sp³-hybridized carbons (Fsp3) is 0.579. The topological polar surface area (TPSA) is 102 Å². The van der Waals surface area contributed by atoms with E-state index in [1.54, 1.807) is 26.0 Å². The van der Waals surface area contributed by atoms with Crippen LogP contribution >= 0.6 is 0 Å². The van der Waals surface area contributed by atoms with Crippen LogP contribution in [-0.4, -0.2) is 42.5 Å². The molecule has 1 atom stereocenters. The van der Waals surface area contributed by atoms with Crippen LogP contribution in [-0.2, 0) is 9.53 Å². The van der Waals surface area contributed by atoms with Crippen molar-refractivity contribution >= 4 is 23.3 Å². The molecule has 8 nitrogen and oxygen atoms in total. The van der Waals surface area contributed by atoms with Crippen LogP contribution in [0.5, 0.6) is 0 Å². The fourth-order valence-corrected chi connectivity index (χ4v) is 3.19. The summed E-state index contributed by atoms with van der Waals surface area (Å²) in [5.41, 5.74) is 0.673. The molecule has 0 unspecified atom stereocenters. The van der Waals surface area contributed by atoms with Crippen LogP contribution in [0.3, 0.4) is 0 Å². The van der Waals surface area contributed by atoms with Crippen LogP contribution in [0.25, 0.3) is 0 Å². The van der Waals surface area contributed by atoms with Gasteiger partial charge in [0.1, 0.15) is 5.69 Å². The Hall–Kier alpha value is -2.64. The number of hydrogen-bond acceptors (Lipinski definition) is 6. The number of amides is 1. The number of nitro benzene ring substituents is 1. The van der Waals surface area contributed by atoms with Crippen molar-refractivity contribution in [2.45, 2.75) is 46.1 Å². The van der Waals surface area contributed by atoms with Gasteiger partial charge in [-0.25, -0.2) is 0 Å². The lowest BCUT2D eigenvalue weighted by Gasteiger charge is -2.32. The van der Waals surface area contributed by atoms with Gasteiger partial charge in [-0.15, -0.1) is 0 Å². The predicted octanol–water partition coefficient (Wildman–Crippen LogP) is 2.90. The van der Waals surface area contributed by atoms with Gasteiger partial charge in [0.15, 0.2) is 0 Å². The van der Waals surface area contributed by atoms with Crippen molar-refractivity contribution in [1.82, 2.24) is 5.32 Å². The van der Waals surface area contributed by atoms with Crippen molar-refractivity contribution in [1.29, 1.82) is 0 Å². The van der Waals surface area contributed by atoms with Gasteiger partial charge in [0.05, 0.1) is 17.4 Å². The highest BCUT2D eigenvalue weighted by Crippen LogP contribution is 2.32. The highest BCUT2D eigenvalue weighted by molar-refractivity contribution is 5.96. The molecule has 0 spiro atoms. The van der Waals surface area contributed by atoms with Crippen LogP contribution < -0.4 is 10.2 Å². The SMILES string of the molecule is CC(C)OC(=O)CCNC(=O)c1ccc(N2CCC[C@H](C)C2)c([N+](=O)[O-])c1. The maximum Gasteiger partial charge on any atom is 0.307 e. The number of nitrogens with zero attached hydrogens (tertiary/aromatic N) is 2. The van der Waals surface area contributed by atoms with Crippen molar-refractivity contribution in [3.63, 3.8) is 0 Å². The highest BCUT2D eigenvalue weighted by Gasteiger charge is 2.25. The van der Waals surface area contributed by atoms with E-state index in [2.05, 4.69) is 12.2 Å². The molecule has 1 saturated heterocycles. The quantitative estimate of drug-likeness (QED) is 0.445. The van der Waals surface area contributed by atoms with E-state index in [0.717, 1.165) is 25.9 Å². The van der Waals surface area contributed by atoms with E-state index >= 15 is 0 Å². The standard InChI is InChI=1S/C19H27N3O5/c1-13(2)27-18(23)8-9-20-19(24)15-6-7-16(17(11-15)22(25)26)21-10-4-5-14(3)12-21/h6-7,11,13-14H,4-5,8-10,12H2,1-3H3,(H,20,24)/t14-/m0/s1. The first-order valence-electron chi connectivity index (χ1n) is 9.29. The summed E-state index contributed by atoms with van der Waals surface area (Å²) in [6.07, 6.45) is 1.95. The second kappa shape index (κ2) is 9.34. The fourth-order valence-electron chi connectivity index (χ4n) is 3.19. The molecule has 8 heteroatoms. The maximum atomic E-state index is 12.3. The number of nitro groups is 1. The van der Waals surface area contributed by atoms with Crippen LogP contribution in [0.15, 0.2) is 18.2 Å². The van der Waals surface area contributed by atoms with Crippen molar-refractivity contribution in [2.75, 3.05) is 24.5 Å². The molecule has 1 aliphatic heterocycles. The molecule has 0 radical (unpaired) electrons. The van der Waals surface area contributed by atoms with Crippen LogP contribution in [0, 0.1) is 16.0 Å². The molecular weight excluding hydrogens is 350 g/mol. The highest BCUT2D eigenvalue weighted by atomic mass is 16.6. The summed E-state index contributed by atoms with van der Waals surface area (Å²) < 4.78 is 4.99. The number of benzene rings is 1. The van der Waals surface area contributed by atoms with Gasteiger partial charge in [-0.1, -0.05) is 6.92 Å². The van der Waals surface area contributed by atoms with E-state index < -0.39 is 16.8 Å². The van der Waals surface area contributed by atoms with E-state index in [0.29, 0.717) is 11.6 Å². The first-order chi connectivity index (χ1) is 12.8. The zero-order valence-corrected chi connectivity index (χ0v) is 16.1. The van der Waals surface area contributed by atoms with Gasteiger partial charge in [0.2, 0.25) is 0 Å². The van der Waals surface area contributed by atoms with Gasteiger partial charge in [0, 0.05) is 31.3 Å². The molecule has 0 saturated carbocycles. The van der Waals surface area contributed by atoms with E-state index in [1.807, 2.05) is 4.90 Å². The Balaban J connectivity index is 2.05. The summed E-state index contributed by atoms with van der Waals surface area (Å²) in [5.74, 6) is -0.369. The molecule has 0 aliphatic carbocycles. The molecule has 2 rings (SSSR count). The first kappa shape index (κ1) is 20.7. The van der Waals surface area contributed by atoms with Crippen LogP contribution in [0.2, 0.25) is 0 Å². The Morgan fingerprint density at radius 3 is 2.78 bits per heavy atom. The van der Waals surface area contributed by atoms with Crippen molar-refractivity contribution < 1.29 is 19.2 Å². The van der Waals surface area contributed by atoms with Gasteiger partial charge < -0.3 is 15.0 Å². The minimum absolute atomic E-state index is 0.0514. The number of nitrogens with one attached hydrogen (secondary N) is 1. The summed E-state index contributed by atoms with van der Waals surface area (Å²) in [4.78, 5) is 36.8. The third-order valence-electron chi connectivity index (χ3n) is 4.41. The van der Waals surface area contributed by atoms with Gasteiger partial charge in [-0.2, -0.15) is 0 Å². The smallest absolute Gasteiger partial charge is 0.307 e. The Bertz CT molecular complexity index is 705. The molecule has 0 bridgehead atoms. The van der Waals surface area contributed by atoms with Gasteiger partial charge >= 0.3 is 5.97 Å². The van der Waals surface area contributed by atoms with E-state index in [9.17, 15) is 19.7 Å². The molecule has 0 aromatic heterocycles. The van der Waals surface area contributed by atoms with Gasteiger partial charge in [-0.05, 0) is 44.7 Å². The maximum absolute atomic E-state index is 12.3. The van der Waals surface area contributed by atoms with Crippen LogP contribution in [0.1, 0.15) is 50.4 Å². The zero-order chi connectivity index (χ0) is 20.0. The second-order valence-electron chi connectivity index (χ2n) is 7.20. The molecule has 1 heterocycles. The number of esters is 1. The molecule has 1 amide bonds. The van der Waals surface area contributed by atoms with Crippen molar-refractivity contribution in [2.24, 2.45) is 5.92 Å². The Labute approximate surface area is 159 Å². The van der Waals surface area contributed by atoms with Crippen molar-refractivity contribution in [3.8, 4) is 0 Å². The monoisotopic (exact) mass is 377 g/mol. The summed E-state index contributed by atoms with van der Waals surface area (Å²) >= 11 is 0. The van der Waals surface area contributed by atoms with Crippen LogP contribution in [0.4, 0.5) is 11.4 Å². The minimum Gasteiger partial charge on any atom is -0.463 e.